The second-order valence-electron chi connectivity index (χ2n) is 8.15. The zero-order valence-corrected chi connectivity index (χ0v) is 23.6. The van der Waals surface area contributed by atoms with Gasteiger partial charge in [-0.1, -0.05) is 6.92 Å². The van der Waals surface area contributed by atoms with Crippen molar-refractivity contribution < 1.29 is 33.5 Å². The number of hydrogen-bond acceptors (Lipinski definition) is 10. The van der Waals surface area contributed by atoms with Gasteiger partial charge in [0.1, 0.15) is 6.10 Å². The van der Waals surface area contributed by atoms with Gasteiger partial charge in [-0.05, 0) is 57.2 Å². The van der Waals surface area contributed by atoms with Crippen molar-refractivity contribution in [2.24, 2.45) is 11.5 Å². The summed E-state index contributed by atoms with van der Waals surface area (Å²) in [5.74, 6) is 0.459. The van der Waals surface area contributed by atoms with Crippen LogP contribution in [0.15, 0.2) is 12.1 Å². The molecule has 1 aromatic carbocycles. The monoisotopic (exact) mass is 558 g/mol. The number of rotatable bonds is 18. The molecule has 216 valence electrons. The van der Waals surface area contributed by atoms with Gasteiger partial charge < -0.3 is 31.0 Å². The summed E-state index contributed by atoms with van der Waals surface area (Å²) >= 11 is 1.86. The quantitative estimate of drug-likeness (QED) is 0.104. The number of nitro groups is 1. The van der Waals surface area contributed by atoms with Crippen LogP contribution < -0.4 is 26.3 Å². The highest BCUT2D eigenvalue weighted by atomic mass is 32.2. The topological polar surface area (TPSA) is 186 Å². The maximum absolute atomic E-state index is 12.2. The fraction of sp³-hybridized carbons (Fsp3) is 0.640. The van der Waals surface area contributed by atoms with Gasteiger partial charge in [0.05, 0.1) is 30.3 Å². The van der Waals surface area contributed by atoms with Crippen LogP contribution in [0, 0.1) is 10.1 Å². The van der Waals surface area contributed by atoms with E-state index in [-0.39, 0.29) is 48.1 Å². The number of unbranched alkanes of at least 4 members (excludes halogenated alkanes) is 1. The number of methoxy groups -OCH3 is 1. The summed E-state index contributed by atoms with van der Waals surface area (Å²) in [6.07, 6.45) is 3.92. The highest BCUT2D eigenvalue weighted by Gasteiger charge is 2.26. The summed E-state index contributed by atoms with van der Waals surface area (Å²) < 4.78 is 16.1. The number of benzene rings is 1. The number of nitrogens with zero attached hydrogens (tertiary/aromatic N) is 1. The number of esters is 1. The SMILES string of the molecule is CCSC.COc1cc(C(C)OC(=O)CCCNC(=O)CCCCN)c([N+](=O)[O-])cc1OCCCC(N)=O. The summed E-state index contributed by atoms with van der Waals surface area (Å²) in [4.78, 5) is 45.7. The van der Waals surface area contributed by atoms with Gasteiger partial charge in [-0.15, -0.1) is 0 Å². The molecule has 0 saturated carbocycles. The third-order valence-electron chi connectivity index (χ3n) is 5.11. The fourth-order valence-corrected chi connectivity index (χ4v) is 3.05. The first kappa shape index (κ1) is 34.9. The molecule has 0 heterocycles. The van der Waals surface area contributed by atoms with Gasteiger partial charge >= 0.3 is 5.97 Å². The molecule has 38 heavy (non-hydrogen) atoms. The zero-order chi connectivity index (χ0) is 28.9. The first-order valence-electron chi connectivity index (χ1n) is 12.5. The molecule has 0 fully saturated rings. The molecular weight excluding hydrogens is 516 g/mol. The molecule has 0 aliphatic heterocycles. The van der Waals surface area contributed by atoms with E-state index in [2.05, 4.69) is 18.5 Å². The molecule has 0 saturated heterocycles. The molecule has 13 heteroatoms. The Morgan fingerprint density at radius 2 is 1.79 bits per heavy atom. The summed E-state index contributed by atoms with van der Waals surface area (Å²) in [5, 5.41) is 14.3. The van der Waals surface area contributed by atoms with Crippen LogP contribution in [0.5, 0.6) is 11.5 Å². The molecule has 0 spiro atoms. The number of carbonyl (C=O) groups excluding carboxylic acids is 3. The maximum Gasteiger partial charge on any atom is 0.306 e. The molecule has 1 rings (SSSR count). The van der Waals surface area contributed by atoms with Crippen molar-refractivity contribution in [2.75, 3.05) is 38.8 Å². The summed E-state index contributed by atoms with van der Waals surface area (Å²) in [6, 6.07) is 2.59. The molecule has 1 unspecified atom stereocenters. The number of hydrogen-bond donors (Lipinski definition) is 3. The Labute approximate surface area is 228 Å². The van der Waals surface area contributed by atoms with Gasteiger partial charge in [0.25, 0.3) is 5.69 Å². The van der Waals surface area contributed by atoms with Crippen LogP contribution in [0.4, 0.5) is 5.69 Å². The Balaban J connectivity index is 0.00000318. The van der Waals surface area contributed by atoms with Crippen LogP contribution in [0.3, 0.4) is 0 Å². The van der Waals surface area contributed by atoms with Crippen molar-refractivity contribution >= 4 is 35.2 Å². The first-order chi connectivity index (χ1) is 18.1. The lowest BCUT2D eigenvalue weighted by Crippen LogP contribution is -2.25. The van der Waals surface area contributed by atoms with Crippen molar-refractivity contribution in [1.82, 2.24) is 5.32 Å². The Morgan fingerprint density at radius 3 is 2.34 bits per heavy atom. The second-order valence-corrected chi connectivity index (χ2v) is 9.30. The highest BCUT2D eigenvalue weighted by Crippen LogP contribution is 2.38. The fourth-order valence-electron chi connectivity index (χ4n) is 3.05. The van der Waals surface area contributed by atoms with Crippen molar-refractivity contribution in [3.63, 3.8) is 0 Å². The summed E-state index contributed by atoms with van der Waals surface area (Å²) in [5.41, 5.74) is 10.3. The number of nitro benzene ring substituents is 1. The standard InChI is InChI=1S/C22H34N4O8.C3H8S/c1-15(34-22(29)9-5-11-25-21(28)8-3-4-10-23)16-13-18(32-2)19(14-17(16)26(30)31)33-12-6-7-20(24)27;1-3-4-2/h13-15H,3-12,23H2,1-2H3,(H2,24,27)(H,25,28);3H2,1-2H3. The molecule has 12 nitrogen and oxygen atoms in total. The van der Waals surface area contributed by atoms with Crippen molar-refractivity contribution in [3.05, 3.63) is 27.8 Å². The predicted octanol–water partition coefficient (Wildman–Crippen LogP) is 3.25. The molecule has 2 amide bonds. The van der Waals surface area contributed by atoms with Crippen LogP contribution >= 0.6 is 11.8 Å². The molecule has 1 aromatic rings. The first-order valence-corrected chi connectivity index (χ1v) is 13.9. The number of nitrogens with two attached hydrogens (primary N) is 2. The molecule has 1 atom stereocenters. The molecule has 0 bridgehead atoms. The molecule has 0 aromatic heterocycles. The number of primary amides is 1. The van der Waals surface area contributed by atoms with Gasteiger partial charge in [-0.2, -0.15) is 11.8 Å². The molecule has 0 radical (unpaired) electrons. The smallest absolute Gasteiger partial charge is 0.306 e. The maximum atomic E-state index is 12.2. The number of nitrogens with one attached hydrogen (secondary N) is 1. The Morgan fingerprint density at radius 1 is 1.11 bits per heavy atom. The van der Waals surface area contributed by atoms with Crippen molar-refractivity contribution in [1.29, 1.82) is 0 Å². The normalized spacial score (nSPS) is 11.0. The molecule has 0 aliphatic carbocycles. The minimum Gasteiger partial charge on any atom is -0.493 e. The number of thioether (sulfide) groups is 1. The van der Waals surface area contributed by atoms with E-state index < -0.39 is 22.9 Å². The van der Waals surface area contributed by atoms with Gasteiger partial charge in [0, 0.05) is 25.8 Å². The highest BCUT2D eigenvalue weighted by molar-refractivity contribution is 7.98. The van der Waals surface area contributed by atoms with E-state index in [4.69, 9.17) is 25.7 Å². The Kier molecular flexibility index (Phi) is 19.3. The Bertz CT molecular complexity index is 883. The van der Waals surface area contributed by atoms with E-state index in [1.54, 1.807) is 0 Å². The van der Waals surface area contributed by atoms with E-state index in [0.29, 0.717) is 38.8 Å². The summed E-state index contributed by atoms with van der Waals surface area (Å²) in [6.45, 7) is 4.63. The second kappa shape index (κ2) is 20.9. The van der Waals surface area contributed by atoms with Crippen LogP contribution in [-0.2, 0) is 19.1 Å². The largest absolute Gasteiger partial charge is 0.493 e. The third kappa shape index (κ3) is 15.3. The average Bonchev–Trinajstić information content (AvgIpc) is 2.88. The average molecular weight is 559 g/mol. The van der Waals surface area contributed by atoms with Gasteiger partial charge in [-0.3, -0.25) is 24.5 Å². The van der Waals surface area contributed by atoms with Crippen LogP contribution in [0.25, 0.3) is 0 Å². The van der Waals surface area contributed by atoms with Gasteiger partial charge in [-0.25, -0.2) is 0 Å². The van der Waals surface area contributed by atoms with E-state index in [1.165, 1.54) is 31.9 Å². The zero-order valence-electron chi connectivity index (χ0n) is 22.8. The number of amides is 2. The molecular formula is C25H42N4O8S. The predicted molar refractivity (Wildman–Crippen MR) is 147 cm³/mol. The van der Waals surface area contributed by atoms with E-state index in [9.17, 15) is 24.5 Å². The molecule has 5 N–H and O–H groups in total. The van der Waals surface area contributed by atoms with Crippen LogP contribution in [0.1, 0.15) is 70.5 Å². The minimum atomic E-state index is -0.920. The van der Waals surface area contributed by atoms with E-state index in [1.807, 2.05) is 11.8 Å². The van der Waals surface area contributed by atoms with Gasteiger partial charge in [0.15, 0.2) is 11.5 Å². The lowest BCUT2D eigenvalue weighted by Gasteiger charge is -2.17. The van der Waals surface area contributed by atoms with Crippen LogP contribution in [0.2, 0.25) is 0 Å². The number of carbonyl (C=O) groups is 3. The lowest BCUT2D eigenvalue weighted by molar-refractivity contribution is -0.386. The van der Waals surface area contributed by atoms with Crippen molar-refractivity contribution in [3.8, 4) is 11.5 Å². The Hall–Kier alpha value is -3.06. The summed E-state index contributed by atoms with van der Waals surface area (Å²) in [7, 11) is 1.38. The lowest BCUT2D eigenvalue weighted by atomic mass is 10.1. The van der Waals surface area contributed by atoms with Crippen molar-refractivity contribution in [2.45, 2.75) is 64.9 Å². The van der Waals surface area contributed by atoms with Crippen LogP contribution in [-0.4, -0.2) is 61.5 Å². The number of ether oxygens (including phenoxy) is 3. The van der Waals surface area contributed by atoms with E-state index in [0.717, 1.165) is 6.42 Å². The van der Waals surface area contributed by atoms with E-state index >= 15 is 0 Å². The minimum absolute atomic E-state index is 0.0411. The van der Waals surface area contributed by atoms with Gasteiger partial charge in [0.2, 0.25) is 11.8 Å². The third-order valence-corrected chi connectivity index (χ3v) is 5.68. The molecule has 0 aliphatic rings.